The maximum absolute atomic E-state index is 10.1. The Bertz CT molecular complexity index is 361. The summed E-state index contributed by atoms with van der Waals surface area (Å²) in [5.41, 5.74) is 1.14. The summed E-state index contributed by atoms with van der Waals surface area (Å²) in [4.78, 5) is 0. The lowest BCUT2D eigenvalue weighted by Crippen LogP contribution is -2.31. The minimum atomic E-state index is -0.206. The van der Waals surface area contributed by atoms with Gasteiger partial charge in [0, 0.05) is 18.7 Å². The van der Waals surface area contributed by atoms with Crippen molar-refractivity contribution in [1.29, 1.82) is 0 Å². The summed E-state index contributed by atoms with van der Waals surface area (Å²) >= 11 is 0. The maximum atomic E-state index is 10.1. The van der Waals surface area contributed by atoms with Crippen LogP contribution in [0.1, 0.15) is 31.2 Å². The predicted octanol–water partition coefficient (Wildman–Crippen LogP) is 2.34. The van der Waals surface area contributed by atoms with Gasteiger partial charge >= 0.3 is 0 Å². The molecule has 3 heteroatoms. The fraction of sp³-hybridized carbons (Fsp3) is 0.600. The molecule has 0 bridgehead atoms. The van der Waals surface area contributed by atoms with E-state index in [4.69, 9.17) is 4.74 Å². The van der Waals surface area contributed by atoms with E-state index in [9.17, 15) is 5.11 Å². The molecule has 1 saturated carbocycles. The monoisotopic (exact) mass is 249 g/mol. The van der Waals surface area contributed by atoms with Crippen molar-refractivity contribution in [1.82, 2.24) is 5.32 Å². The average Bonchev–Trinajstić information content (AvgIpc) is 2.93. The van der Waals surface area contributed by atoms with Crippen molar-refractivity contribution in [2.24, 2.45) is 5.92 Å². The van der Waals surface area contributed by atoms with Crippen molar-refractivity contribution in [3.63, 3.8) is 0 Å². The number of benzene rings is 1. The maximum Gasteiger partial charge on any atom is 0.123 e. The zero-order valence-corrected chi connectivity index (χ0v) is 11.1. The molecule has 1 atom stereocenters. The van der Waals surface area contributed by atoms with Crippen LogP contribution >= 0.6 is 0 Å². The first-order valence-electron chi connectivity index (χ1n) is 6.82. The van der Waals surface area contributed by atoms with Gasteiger partial charge in [-0.15, -0.1) is 0 Å². The van der Waals surface area contributed by atoms with Crippen LogP contribution in [0.3, 0.4) is 0 Å². The van der Waals surface area contributed by atoms with E-state index in [0.717, 1.165) is 17.9 Å². The van der Waals surface area contributed by atoms with Crippen LogP contribution in [0.4, 0.5) is 0 Å². The number of nitrogens with one attached hydrogen (secondary N) is 1. The first kappa shape index (κ1) is 13.4. The number of ether oxygens (including phenoxy) is 1. The number of rotatable bonds is 6. The van der Waals surface area contributed by atoms with Crippen molar-refractivity contribution < 1.29 is 9.84 Å². The largest absolute Gasteiger partial charge is 0.496 e. The van der Waals surface area contributed by atoms with E-state index in [1.807, 2.05) is 24.3 Å². The zero-order valence-electron chi connectivity index (χ0n) is 11.1. The summed E-state index contributed by atoms with van der Waals surface area (Å²) in [5, 5.41) is 13.4. The van der Waals surface area contributed by atoms with Crippen molar-refractivity contribution in [3.8, 4) is 5.75 Å². The third-order valence-electron chi connectivity index (χ3n) is 3.81. The summed E-state index contributed by atoms with van der Waals surface area (Å²) < 4.78 is 5.30. The number of hydrogen-bond donors (Lipinski definition) is 2. The Morgan fingerprint density at radius 1 is 1.33 bits per heavy atom. The summed E-state index contributed by atoms with van der Waals surface area (Å²) in [7, 11) is 1.69. The molecule has 1 aromatic carbocycles. The molecule has 1 aliphatic carbocycles. The van der Waals surface area contributed by atoms with Crippen LogP contribution in [-0.2, 0) is 6.54 Å². The number of aliphatic hydroxyl groups is 1. The highest BCUT2D eigenvalue weighted by Crippen LogP contribution is 2.27. The molecule has 100 valence electrons. The van der Waals surface area contributed by atoms with Crippen molar-refractivity contribution >= 4 is 0 Å². The van der Waals surface area contributed by atoms with E-state index in [0.29, 0.717) is 12.5 Å². The second kappa shape index (κ2) is 6.76. The Morgan fingerprint density at radius 3 is 2.78 bits per heavy atom. The highest BCUT2D eigenvalue weighted by atomic mass is 16.5. The van der Waals surface area contributed by atoms with Gasteiger partial charge in [-0.3, -0.25) is 0 Å². The SMILES string of the molecule is COc1ccccc1CNCC(O)C1CCCC1. The molecule has 3 nitrogen and oxygen atoms in total. The molecule has 0 radical (unpaired) electrons. The highest BCUT2D eigenvalue weighted by molar-refractivity contribution is 5.32. The lowest BCUT2D eigenvalue weighted by molar-refractivity contribution is 0.109. The van der Waals surface area contributed by atoms with Gasteiger partial charge in [-0.25, -0.2) is 0 Å². The molecule has 1 aromatic rings. The van der Waals surface area contributed by atoms with Crippen LogP contribution in [0.25, 0.3) is 0 Å². The molecule has 1 aliphatic rings. The molecule has 18 heavy (non-hydrogen) atoms. The van der Waals surface area contributed by atoms with Crippen molar-refractivity contribution in [2.75, 3.05) is 13.7 Å². The zero-order chi connectivity index (χ0) is 12.8. The minimum absolute atomic E-state index is 0.206. The van der Waals surface area contributed by atoms with Gasteiger partial charge in [0.25, 0.3) is 0 Å². The first-order chi connectivity index (χ1) is 8.81. The molecular weight excluding hydrogens is 226 g/mol. The normalized spacial score (nSPS) is 17.9. The highest BCUT2D eigenvalue weighted by Gasteiger charge is 2.22. The molecule has 0 amide bonds. The molecule has 0 heterocycles. The van der Waals surface area contributed by atoms with Crippen LogP contribution in [-0.4, -0.2) is 24.9 Å². The van der Waals surface area contributed by atoms with Gasteiger partial charge in [-0.2, -0.15) is 0 Å². The second-order valence-electron chi connectivity index (χ2n) is 5.05. The standard InChI is InChI=1S/C15H23NO2/c1-18-15-9-5-4-8-13(15)10-16-11-14(17)12-6-2-3-7-12/h4-5,8-9,12,14,16-17H,2-3,6-7,10-11H2,1H3. The number of methoxy groups -OCH3 is 1. The van der Waals surface area contributed by atoms with Gasteiger partial charge in [0.2, 0.25) is 0 Å². The number of para-hydroxylation sites is 1. The third kappa shape index (κ3) is 3.47. The Labute approximate surface area is 109 Å². The second-order valence-corrected chi connectivity index (χ2v) is 5.05. The molecule has 2 rings (SSSR count). The third-order valence-corrected chi connectivity index (χ3v) is 3.81. The van der Waals surface area contributed by atoms with Crippen molar-refractivity contribution in [3.05, 3.63) is 29.8 Å². The predicted molar refractivity (Wildman–Crippen MR) is 72.7 cm³/mol. The van der Waals surface area contributed by atoms with Crippen LogP contribution in [0.5, 0.6) is 5.75 Å². The van der Waals surface area contributed by atoms with E-state index in [1.165, 1.54) is 25.7 Å². The molecule has 0 aromatic heterocycles. The summed E-state index contributed by atoms with van der Waals surface area (Å²) in [6.07, 6.45) is 4.69. The van der Waals surface area contributed by atoms with E-state index in [-0.39, 0.29) is 6.10 Å². The van der Waals surface area contributed by atoms with Gasteiger partial charge in [-0.05, 0) is 24.8 Å². The van der Waals surface area contributed by atoms with Crippen LogP contribution < -0.4 is 10.1 Å². The molecule has 1 fully saturated rings. The molecule has 1 unspecified atom stereocenters. The fourth-order valence-corrected chi connectivity index (χ4v) is 2.71. The lowest BCUT2D eigenvalue weighted by atomic mass is 10.0. The molecular formula is C15H23NO2. The van der Waals surface area contributed by atoms with Gasteiger partial charge in [0.05, 0.1) is 13.2 Å². The Hall–Kier alpha value is -1.06. The van der Waals surface area contributed by atoms with Gasteiger partial charge in [-0.1, -0.05) is 31.0 Å². The Kier molecular flexibility index (Phi) is 5.02. The van der Waals surface area contributed by atoms with E-state index < -0.39 is 0 Å². The molecule has 2 N–H and O–H groups in total. The minimum Gasteiger partial charge on any atom is -0.496 e. The van der Waals surface area contributed by atoms with Crippen LogP contribution in [0, 0.1) is 5.92 Å². The molecule has 0 aliphatic heterocycles. The van der Waals surface area contributed by atoms with E-state index in [1.54, 1.807) is 7.11 Å². The first-order valence-corrected chi connectivity index (χ1v) is 6.82. The van der Waals surface area contributed by atoms with Gasteiger partial charge in [0.1, 0.15) is 5.75 Å². The van der Waals surface area contributed by atoms with E-state index >= 15 is 0 Å². The van der Waals surface area contributed by atoms with Gasteiger partial charge < -0.3 is 15.2 Å². The summed E-state index contributed by atoms with van der Waals surface area (Å²) in [5.74, 6) is 1.40. The summed E-state index contributed by atoms with van der Waals surface area (Å²) in [6.45, 7) is 1.41. The molecule has 0 saturated heterocycles. The topological polar surface area (TPSA) is 41.5 Å². The molecule has 0 spiro atoms. The average molecular weight is 249 g/mol. The summed E-state index contributed by atoms with van der Waals surface area (Å²) in [6, 6.07) is 7.99. The van der Waals surface area contributed by atoms with Crippen molar-refractivity contribution in [2.45, 2.75) is 38.3 Å². The fourth-order valence-electron chi connectivity index (χ4n) is 2.71. The number of aliphatic hydroxyl groups excluding tert-OH is 1. The smallest absolute Gasteiger partial charge is 0.123 e. The number of hydrogen-bond acceptors (Lipinski definition) is 3. The lowest BCUT2D eigenvalue weighted by Gasteiger charge is -2.18. The van der Waals surface area contributed by atoms with Gasteiger partial charge in [0.15, 0.2) is 0 Å². The Balaban J connectivity index is 1.77. The van der Waals surface area contributed by atoms with Crippen LogP contribution in [0.2, 0.25) is 0 Å². The van der Waals surface area contributed by atoms with Crippen LogP contribution in [0.15, 0.2) is 24.3 Å². The quantitative estimate of drug-likeness (QED) is 0.813. The van der Waals surface area contributed by atoms with E-state index in [2.05, 4.69) is 5.32 Å². The Morgan fingerprint density at radius 2 is 2.06 bits per heavy atom.